The lowest BCUT2D eigenvalue weighted by atomic mass is 10.1. The molecule has 0 aliphatic heterocycles. The number of aldehydes is 1. The molecule has 0 aromatic heterocycles. The number of allylic oxidation sites excluding steroid dienone is 2. The van der Waals surface area contributed by atoms with E-state index in [4.69, 9.17) is 0 Å². The quantitative estimate of drug-likeness (QED) is 0.426. The second kappa shape index (κ2) is 3.14. The zero-order valence-corrected chi connectivity index (χ0v) is 6.11. The Balaban J connectivity index is 2.74. The molecule has 0 bridgehead atoms. The van der Waals surface area contributed by atoms with E-state index in [1.54, 1.807) is 18.2 Å². The van der Waals surface area contributed by atoms with E-state index in [9.17, 15) is 9.59 Å². The summed E-state index contributed by atoms with van der Waals surface area (Å²) in [4.78, 5) is 21.2. The summed E-state index contributed by atoms with van der Waals surface area (Å²) in [6.07, 6.45) is 5.58. The molecule has 0 radical (unpaired) electrons. The fraction of sp³-hybridized carbons (Fsp3) is 0.250. The summed E-state index contributed by atoms with van der Waals surface area (Å²) >= 11 is 0. The van der Waals surface area contributed by atoms with Gasteiger partial charge in [0.1, 0.15) is 12.2 Å². The Kier molecular flexibility index (Phi) is 2.21. The summed E-state index contributed by atoms with van der Waals surface area (Å²) in [7, 11) is 1.30. The lowest BCUT2D eigenvalue weighted by Crippen LogP contribution is -2.15. The van der Waals surface area contributed by atoms with E-state index in [1.165, 1.54) is 7.11 Å². The molecule has 3 nitrogen and oxygen atoms in total. The maximum atomic E-state index is 10.9. The van der Waals surface area contributed by atoms with Crippen molar-refractivity contribution in [2.45, 2.75) is 0 Å². The average Bonchev–Trinajstić information content (AvgIpc) is 2.50. The van der Waals surface area contributed by atoms with Crippen LogP contribution in [0.25, 0.3) is 0 Å². The van der Waals surface area contributed by atoms with Crippen molar-refractivity contribution in [2.75, 3.05) is 7.11 Å². The molecule has 0 N–H and O–H groups in total. The number of hydrogen-bond acceptors (Lipinski definition) is 3. The molecule has 11 heavy (non-hydrogen) atoms. The zero-order valence-electron chi connectivity index (χ0n) is 6.11. The molecule has 0 spiro atoms. The first-order valence-electron chi connectivity index (χ1n) is 3.21. The van der Waals surface area contributed by atoms with Gasteiger partial charge in [-0.15, -0.1) is 0 Å². The SMILES string of the molecule is COC(=O)C1C=CC=C1C=O. The first-order valence-corrected chi connectivity index (χ1v) is 3.21. The fourth-order valence-corrected chi connectivity index (χ4v) is 0.947. The summed E-state index contributed by atoms with van der Waals surface area (Å²) in [6.45, 7) is 0. The molecule has 1 aliphatic rings. The molecule has 1 atom stereocenters. The fourth-order valence-electron chi connectivity index (χ4n) is 0.947. The highest BCUT2D eigenvalue weighted by molar-refractivity contribution is 5.90. The van der Waals surface area contributed by atoms with Gasteiger partial charge in [0.15, 0.2) is 0 Å². The number of esters is 1. The molecule has 0 aromatic rings. The van der Waals surface area contributed by atoms with Crippen LogP contribution in [0.4, 0.5) is 0 Å². The van der Waals surface area contributed by atoms with Crippen LogP contribution in [0.1, 0.15) is 0 Å². The van der Waals surface area contributed by atoms with Gasteiger partial charge in [0.25, 0.3) is 0 Å². The van der Waals surface area contributed by atoms with Gasteiger partial charge in [0, 0.05) is 5.57 Å². The number of carbonyl (C=O) groups excluding carboxylic acids is 2. The average molecular weight is 152 g/mol. The third kappa shape index (κ3) is 1.37. The van der Waals surface area contributed by atoms with Crippen molar-refractivity contribution in [3.8, 4) is 0 Å². The molecule has 1 unspecified atom stereocenters. The smallest absolute Gasteiger partial charge is 0.317 e. The van der Waals surface area contributed by atoms with Gasteiger partial charge in [0.2, 0.25) is 0 Å². The van der Waals surface area contributed by atoms with Gasteiger partial charge in [-0.1, -0.05) is 18.2 Å². The highest BCUT2D eigenvalue weighted by Crippen LogP contribution is 2.18. The lowest BCUT2D eigenvalue weighted by molar-refractivity contribution is -0.142. The molecule has 0 fully saturated rings. The third-order valence-corrected chi connectivity index (χ3v) is 1.54. The van der Waals surface area contributed by atoms with E-state index >= 15 is 0 Å². The minimum atomic E-state index is -0.488. The van der Waals surface area contributed by atoms with Crippen molar-refractivity contribution in [1.29, 1.82) is 0 Å². The summed E-state index contributed by atoms with van der Waals surface area (Å²) < 4.78 is 4.48. The van der Waals surface area contributed by atoms with Crippen LogP contribution in [0.5, 0.6) is 0 Å². The van der Waals surface area contributed by atoms with E-state index in [0.29, 0.717) is 11.9 Å². The lowest BCUT2D eigenvalue weighted by Gasteiger charge is -2.04. The van der Waals surface area contributed by atoms with E-state index < -0.39 is 11.9 Å². The number of rotatable bonds is 2. The molecule has 1 aliphatic carbocycles. The Morgan fingerprint density at radius 1 is 1.73 bits per heavy atom. The Morgan fingerprint density at radius 3 is 3.00 bits per heavy atom. The monoisotopic (exact) mass is 152 g/mol. The molecule has 0 saturated carbocycles. The second-order valence-corrected chi connectivity index (χ2v) is 2.17. The Hall–Kier alpha value is -1.38. The van der Waals surface area contributed by atoms with Crippen LogP contribution in [0.2, 0.25) is 0 Å². The highest BCUT2D eigenvalue weighted by Gasteiger charge is 2.22. The summed E-state index contributed by atoms with van der Waals surface area (Å²) in [6, 6.07) is 0. The molecule has 0 heterocycles. The van der Waals surface area contributed by atoms with E-state index in [-0.39, 0.29) is 0 Å². The van der Waals surface area contributed by atoms with Gasteiger partial charge in [-0.05, 0) is 0 Å². The standard InChI is InChI=1S/C8H8O3/c1-11-8(10)7-4-2-3-6(7)5-9/h2-5,7H,1H3. The number of methoxy groups -OCH3 is 1. The van der Waals surface area contributed by atoms with Crippen LogP contribution in [-0.2, 0) is 14.3 Å². The van der Waals surface area contributed by atoms with Crippen molar-refractivity contribution >= 4 is 12.3 Å². The predicted octanol–water partition coefficient (Wildman–Crippen LogP) is 0.471. The Labute approximate surface area is 64.3 Å². The van der Waals surface area contributed by atoms with Crippen LogP contribution < -0.4 is 0 Å². The van der Waals surface area contributed by atoms with Crippen molar-refractivity contribution in [1.82, 2.24) is 0 Å². The van der Waals surface area contributed by atoms with Crippen molar-refractivity contribution in [3.05, 3.63) is 23.8 Å². The second-order valence-electron chi connectivity index (χ2n) is 2.17. The maximum absolute atomic E-state index is 10.9. The van der Waals surface area contributed by atoms with Crippen LogP contribution in [-0.4, -0.2) is 19.4 Å². The minimum absolute atomic E-state index is 0.392. The van der Waals surface area contributed by atoms with E-state index in [2.05, 4.69) is 4.74 Å². The van der Waals surface area contributed by atoms with Gasteiger partial charge in [-0.25, -0.2) is 0 Å². The molecular weight excluding hydrogens is 144 g/mol. The topological polar surface area (TPSA) is 43.4 Å². The minimum Gasteiger partial charge on any atom is -0.468 e. The molecule has 0 aromatic carbocycles. The molecular formula is C8H8O3. The van der Waals surface area contributed by atoms with Crippen LogP contribution >= 0.6 is 0 Å². The molecule has 0 amide bonds. The normalized spacial score (nSPS) is 21.2. The molecule has 0 saturated heterocycles. The highest BCUT2D eigenvalue weighted by atomic mass is 16.5. The predicted molar refractivity (Wildman–Crippen MR) is 38.8 cm³/mol. The van der Waals surface area contributed by atoms with Gasteiger partial charge in [0.05, 0.1) is 7.11 Å². The first kappa shape index (κ1) is 7.72. The first-order chi connectivity index (χ1) is 5.29. The zero-order chi connectivity index (χ0) is 8.27. The number of ether oxygens (including phenoxy) is 1. The van der Waals surface area contributed by atoms with Crippen LogP contribution in [0.15, 0.2) is 23.8 Å². The summed E-state index contributed by atoms with van der Waals surface area (Å²) in [5.74, 6) is -0.880. The van der Waals surface area contributed by atoms with Crippen molar-refractivity contribution in [2.24, 2.45) is 5.92 Å². The molecule has 58 valence electrons. The number of carbonyl (C=O) groups is 2. The summed E-state index contributed by atoms with van der Waals surface area (Å²) in [5.41, 5.74) is 0.455. The van der Waals surface area contributed by atoms with Crippen molar-refractivity contribution in [3.63, 3.8) is 0 Å². The van der Waals surface area contributed by atoms with Gasteiger partial charge in [-0.2, -0.15) is 0 Å². The Morgan fingerprint density at radius 2 is 2.45 bits per heavy atom. The maximum Gasteiger partial charge on any atom is 0.317 e. The van der Waals surface area contributed by atoms with Gasteiger partial charge >= 0.3 is 5.97 Å². The van der Waals surface area contributed by atoms with Crippen LogP contribution in [0, 0.1) is 5.92 Å². The Bertz CT molecular complexity index is 238. The van der Waals surface area contributed by atoms with Crippen molar-refractivity contribution < 1.29 is 14.3 Å². The molecule has 1 rings (SSSR count). The van der Waals surface area contributed by atoms with Gasteiger partial charge in [-0.3, -0.25) is 9.59 Å². The van der Waals surface area contributed by atoms with E-state index in [1.807, 2.05) is 0 Å². The largest absolute Gasteiger partial charge is 0.468 e. The van der Waals surface area contributed by atoms with Crippen LogP contribution in [0.3, 0.4) is 0 Å². The molecule has 3 heteroatoms. The van der Waals surface area contributed by atoms with Gasteiger partial charge < -0.3 is 4.74 Å². The number of hydrogen-bond donors (Lipinski definition) is 0. The van der Waals surface area contributed by atoms with E-state index in [0.717, 1.165) is 0 Å². The third-order valence-electron chi connectivity index (χ3n) is 1.54. The summed E-state index contributed by atoms with van der Waals surface area (Å²) in [5, 5.41) is 0.